The maximum atomic E-state index is 13.1. The van der Waals surface area contributed by atoms with Crippen molar-refractivity contribution in [2.24, 2.45) is 0 Å². The number of hydrogen-bond acceptors (Lipinski definition) is 4. The van der Waals surface area contributed by atoms with Gasteiger partial charge in [-0.2, -0.15) is 4.31 Å². The van der Waals surface area contributed by atoms with E-state index in [1.54, 1.807) is 60.7 Å². The van der Waals surface area contributed by atoms with Crippen LogP contribution < -0.4 is 5.32 Å². The van der Waals surface area contributed by atoms with E-state index in [1.165, 1.54) is 22.1 Å². The molecule has 1 N–H and O–H groups in total. The molecule has 2 aromatic carbocycles. The van der Waals surface area contributed by atoms with Gasteiger partial charge in [-0.1, -0.05) is 35.9 Å². The van der Waals surface area contributed by atoms with Crippen LogP contribution >= 0.6 is 11.6 Å². The second-order valence-electron chi connectivity index (χ2n) is 7.69. The highest BCUT2D eigenvalue weighted by Gasteiger charge is 2.24. The average molecular weight is 471 g/mol. The summed E-state index contributed by atoms with van der Waals surface area (Å²) in [6.45, 7) is 0.225. The van der Waals surface area contributed by atoms with Crippen LogP contribution in [-0.4, -0.2) is 24.7 Å². The van der Waals surface area contributed by atoms with Gasteiger partial charge in [-0.3, -0.25) is 4.79 Å². The third-order valence-electron chi connectivity index (χ3n) is 5.06. The van der Waals surface area contributed by atoms with Crippen LogP contribution in [0, 0.1) is 0 Å². The lowest BCUT2D eigenvalue weighted by Gasteiger charge is -2.19. The molecule has 1 aliphatic rings. The molecule has 1 aliphatic carbocycles. The Labute approximate surface area is 192 Å². The minimum Gasteiger partial charge on any atom is -0.468 e. The molecule has 3 aromatic rings. The number of nitrogens with zero attached hydrogens (tertiary/aromatic N) is 1. The van der Waals surface area contributed by atoms with Gasteiger partial charge in [-0.25, -0.2) is 8.42 Å². The Morgan fingerprint density at radius 1 is 1.06 bits per heavy atom. The maximum Gasteiger partial charge on any atom is 0.251 e. The zero-order valence-corrected chi connectivity index (χ0v) is 18.9. The fourth-order valence-electron chi connectivity index (χ4n) is 3.10. The maximum absolute atomic E-state index is 13.1. The summed E-state index contributed by atoms with van der Waals surface area (Å²) < 4.78 is 32.9. The molecule has 0 spiro atoms. The largest absolute Gasteiger partial charge is 0.468 e. The number of benzene rings is 2. The first-order valence-corrected chi connectivity index (χ1v) is 12.1. The van der Waals surface area contributed by atoms with Crippen molar-refractivity contribution in [3.05, 3.63) is 99.8 Å². The third kappa shape index (κ3) is 6.09. The van der Waals surface area contributed by atoms with E-state index in [4.69, 9.17) is 16.0 Å². The molecule has 32 heavy (non-hydrogen) atoms. The molecule has 0 saturated heterocycles. The summed E-state index contributed by atoms with van der Waals surface area (Å²) in [5.41, 5.74) is 2.05. The summed E-state index contributed by atoms with van der Waals surface area (Å²) in [5, 5.41) is 4.70. The fraction of sp³-hybridized carbons (Fsp3) is 0.208. The van der Waals surface area contributed by atoms with Crippen molar-refractivity contribution in [2.75, 3.05) is 0 Å². The van der Waals surface area contributed by atoms with Crippen molar-refractivity contribution in [1.82, 2.24) is 9.62 Å². The SMILES string of the molecule is O=C(NC1CC1)c1ccc(CN(Cc2ccco2)S(=O)(=O)/C=C/c2ccc(Cl)cc2)cc1. The molecule has 1 heterocycles. The van der Waals surface area contributed by atoms with E-state index in [0.29, 0.717) is 16.3 Å². The summed E-state index contributed by atoms with van der Waals surface area (Å²) in [6, 6.07) is 17.6. The lowest BCUT2D eigenvalue weighted by molar-refractivity contribution is 0.0951. The minimum absolute atomic E-state index is 0.0875. The number of sulfonamides is 1. The summed E-state index contributed by atoms with van der Waals surface area (Å²) in [5.74, 6) is 0.430. The van der Waals surface area contributed by atoms with Crippen molar-refractivity contribution in [2.45, 2.75) is 32.0 Å². The molecule has 0 bridgehead atoms. The number of carbonyl (C=O) groups excluding carboxylic acids is 1. The van der Waals surface area contributed by atoms with Crippen molar-refractivity contribution in [3.63, 3.8) is 0 Å². The van der Waals surface area contributed by atoms with Crippen molar-refractivity contribution < 1.29 is 17.6 Å². The number of amides is 1. The molecule has 1 aromatic heterocycles. The molecule has 4 rings (SSSR count). The zero-order chi connectivity index (χ0) is 22.6. The highest BCUT2D eigenvalue weighted by Crippen LogP contribution is 2.21. The highest BCUT2D eigenvalue weighted by molar-refractivity contribution is 7.92. The molecular formula is C24H23ClN2O4S. The number of carbonyl (C=O) groups is 1. The predicted octanol–water partition coefficient (Wildman–Crippen LogP) is 4.83. The second-order valence-corrected chi connectivity index (χ2v) is 9.95. The van der Waals surface area contributed by atoms with Gasteiger partial charge in [0.25, 0.3) is 5.91 Å². The molecule has 0 unspecified atom stereocenters. The fourth-order valence-corrected chi connectivity index (χ4v) is 4.36. The third-order valence-corrected chi connectivity index (χ3v) is 6.77. The van der Waals surface area contributed by atoms with Crippen LogP contribution in [-0.2, 0) is 23.1 Å². The smallest absolute Gasteiger partial charge is 0.251 e. The van der Waals surface area contributed by atoms with E-state index in [1.807, 2.05) is 0 Å². The van der Waals surface area contributed by atoms with E-state index in [-0.39, 0.29) is 25.0 Å². The molecule has 0 radical (unpaired) electrons. The molecule has 8 heteroatoms. The summed E-state index contributed by atoms with van der Waals surface area (Å²) in [7, 11) is -3.76. The number of furan rings is 1. The molecule has 1 saturated carbocycles. The quantitative estimate of drug-likeness (QED) is 0.486. The lowest BCUT2D eigenvalue weighted by Crippen LogP contribution is -2.28. The Morgan fingerprint density at radius 3 is 2.41 bits per heavy atom. The average Bonchev–Trinajstić information content (AvgIpc) is 3.44. The standard InChI is InChI=1S/C24H23ClN2O4S/c25-21-9-5-18(6-10-21)13-15-32(29,30)27(17-23-2-1-14-31-23)16-19-3-7-20(8-4-19)24(28)26-22-11-12-22/h1-10,13-15,22H,11-12,16-17H2,(H,26,28)/b15-13+. The molecule has 6 nitrogen and oxygen atoms in total. The van der Waals surface area contributed by atoms with Gasteiger partial charge in [0.2, 0.25) is 10.0 Å². The van der Waals surface area contributed by atoms with E-state index in [2.05, 4.69) is 5.32 Å². The first kappa shape index (κ1) is 22.3. The zero-order valence-electron chi connectivity index (χ0n) is 17.3. The van der Waals surface area contributed by atoms with E-state index < -0.39 is 10.0 Å². The van der Waals surface area contributed by atoms with Gasteiger partial charge < -0.3 is 9.73 Å². The first-order valence-electron chi connectivity index (χ1n) is 10.2. The van der Waals surface area contributed by atoms with Gasteiger partial charge in [-0.15, -0.1) is 0 Å². The van der Waals surface area contributed by atoms with Gasteiger partial charge in [0, 0.05) is 28.6 Å². The van der Waals surface area contributed by atoms with Gasteiger partial charge in [-0.05, 0) is 66.4 Å². The molecule has 0 aliphatic heterocycles. The lowest BCUT2D eigenvalue weighted by atomic mass is 10.1. The van der Waals surface area contributed by atoms with E-state index >= 15 is 0 Å². The predicted molar refractivity (Wildman–Crippen MR) is 124 cm³/mol. The number of hydrogen-bond donors (Lipinski definition) is 1. The van der Waals surface area contributed by atoms with E-state index in [0.717, 1.165) is 24.0 Å². The van der Waals surface area contributed by atoms with Crippen LogP contribution in [0.4, 0.5) is 0 Å². The Balaban J connectivity index is 1.51. The van der Waals surface area contributed by atoms with Crippen LogP contribution in [0.25, 0.3) is 6.08 Å². The molecule has 0 atom stereocenters. The highest BCUT2D eigenvalue weighted by atomic mass is 35.5. The van der Waals surface area contributed by atoms with Crippen LogP contribution in [0.3, 0.4) is 0 Å². The Bertz CT molecular complexity index is 1180. The first-order chi connectivity index (χ1) is 15.4. The Hall–Kier alpha value is -2.87. The van der Waals surface area contributed by atoms with Crippen molar-refractivity contribution in [1.29, 1.82) is 0 Å². The molecule has 166 valence electrons. The van der Waals surface area contributed by atoms with Crippen molar-refractivity contribution >= 4 is 33.6 Å². The van der Waals surface area contributed by atoms with Crippen LogP contribution in [0.1, 0.15) is 40.1 Å². The van der Waals surface area contributed by atoms with Gasteiger partial charge in [0.1, 0.15) is 5.76 Å². The molecular weight excluding hydrogens is 448 g/mol. The minimum atomic E-state index is -3.76. The number of halogens is 1. The summed E-state index contributed by atoms with van der Waals surface area (Å²) in [4.78, 5) is 12.2. The van der Waals surface area contributed by atoms with Gasteiger partial charge >= 0.3 is 0 Å². The Morgan fingerprint density at radius 2 is 1.78 bits per heavy atom. The summed E-state index contributed by atoms with van der Waals surface area (Å²) >= 11 is 5.89. The number of rotatable bonds is 9. The topological polar surface area (TPSA) is 79.6 Å². The van der Waals surface area contributed by atoms with Gasteiger partial charge in [0.05, 0.1) is 12.8 Å². The normalized spacial score (nSPS) is 14.2. The Kier molecular flexibility index (Phi) is 6.79. The van der Waals surface area contributed by atoms with E-state index in [9.17, 15) is 13.2 Å². The van der Waals surface area contributed by atoms with Crippen LogP contribution in [0.2, 0.25) is 5.02 Å². The molecule has 1 amide bonds. The van der Waals surface area contributed by atoms with Crippen LogP contribution in [0.15, 0.2) is 76.8 Å². The van der Waals surface area contributed by atoms with Crippen LogP contribution in [0.5, 0.6) is 0 Å². The van der Waals surface area contributed by atoms with Crippen molar-refractivity contribution in [3.8, 4) is 0 Å². The van der Waals surface area contributed by atoms with Gasteiger partial charge in [0.15, 0.2) is 0 Å². The number of nitrogens with one attached hydrogen (secondary N) is 1. The monoisotopic (exact) mass is 470 g/mol. The second kappa shape index (κ2) is 9.73. The molecule has 1 fully saturated rings. The summed E-state index contributed by atoms with van der Waals surface area (Å²) in [6.07, 6.45) is 5.09.